The van der Waals surface area contributed by atoms with Crippen LogP contribution in [0.3, 0.4) is 0 Å². The number of hydrogen-bond acceptors (Lipinski definition) is 6. The van der Waals surface area contributed by atoms with Gasteiger partial charge in [0.1, 0.15) is 5.82 Å². The Bertz CT molecular complexity index is 859. The zero-order chi connectivity index (χ0) is 21.3. The smallest absolute Gasteiger partial charge is 0.315 e. The summed E-state index contributed by atoms with van der Waals surface area (Å²) in [5, 5.41) is 6.17. The molecule has 1 aliphatic heterocycles. The number of ether oxygens (including phenoxy) is 3. The fraction of sp³-hybridized carbons (Fsp3) is 0.429. The van der Waals surface area contributed by atoms with Crippen LogP contribution in [0.15, 0.2) is 30.5 Å². The van der Waals surface area contributed by atoms with E-state index in [0.717, 1.165) is 30.0 Å². The number of carbonyl (C=O) groups is 1. The molecule has 0 radical (unpaired) electrons. The van der Waals surface area contributed by atoms with Gasteiger partial charge in [-0.05, 0) is 30.7 Å². The number of morpholine rings is 1. The minimum atomic E-state index is -0.282. The summed E-state index contributed by atoms with van der Waals surface area (Å²) < 4.78 is 16.3. The minimum absolute atomic E-state index is 0.282. The third kappa shape index (κ3) is 5.67. The van der Waals surface area contributed by atoms with Gasteiger partial charge in [-0.25, -0.2) is 9.78 Å². The van der Waals surface area contributed by atoms with Crippen molar-refractivity contribution >= 4 is 23.4 Å². The molecule has 2 N–H and O–H groups in total. The number of halogens is 1. The number of benzene rings is 1. The maximum Gasteiger partial charge on any atom is 0.315 e. The predicted molar refractivity (Wildman–Crippen MR) is 116 cm³/mol. The van der Waals surface area contributed by atoms with Gasteiger partial charge in [0, 0.05) is 37.9 Å². The van der Waals surface area contributed by atoms with Crippen molar-refractivity contribution in [2.45, 2.75) is 20.0 Å². The van der Waals surface area contributed by atoms with E-state index in [1.807, 2.05) is 19.1 Å². The zero-order valence-corrected chi connectivity index (χ0v) is 18.0. The number of aromatic nitrogens is 1. The fourth-order valence-electron chi connectivity index (χ4n) is 3.21. The number of pyridine rings is 1. The number of carbonyl (C=O) groups excluding carboxylic acids is 1. The summed E-state index contributed by atoms with van der Waals surface area (Å²) in [7, 11) is 1.55. The van der Waals surface area contributed by atoms with E-state index in [-0.39, 0.29) is 6.03 Å². The van der Waals surface area contributed by atoms with Crippen LogP contribution in [0.25, 0.3) is 0 Å². The van der Waals surface area contributed by atoms with Gasteiger partial charge in [-0.2, -0.15) is 0 Å². The monoisotopic (exact) mass is 434 g/mol. The molecule has 1 aromatic carbocycles. The number of rotatable bonds is 8. The van der Waals surface area contributed by atoms with Crippen LogP contribution < -0.4 is 25.0 Å². The van der Waals surface area contributed by atoms with Gasteiger partial charge >= 0.3 is 6.03 Å². The lowest BCUT2D eigenvalue weighted by molar-refractivity contribution is 0.122. The molecule has 1 aliphatic rings. The Morgan fingerprint density at radius 1 is 1.27 bits per heavy atom. The van der Waals surface area contributed by atoms with Crippen LogP contribution in [0, 0.1) is 0 Å². The second-order valence-electron chi connectivity index (χ2n) is 6.66. The third-order valence-electron chi connectivity index (χ3n) is 4.65. The van der Waals surface area contributed by atoms with Crippen LogP contribution >= 0.6 is 11.6 Å². The molecule has 2 amide bonds. The van der Waals surface area contributed by atoms with Gasteiger partial charge < -0.3 is 29.7 Å². The van der Waals surface area contributed by atoms with Crippen molar-refractivity contribution < 1.29 is 19.0 Å². The van der Waals surface area contributed by atoms with Crippen molar-refractivity contribution in [2.24, 2.45) is 0 Å². The molecule has 0 saturated carbocycles. The predicted octanol–water partition coefficient (Wildman–Crippen LogP) is 2.98. The van der Waals surface area contributed by atoms with Gasteiger partial charge in [0.2, 0.25) is 0 Å². The lowest BCUT2D eigenvalue weighted by Crippen LogP contribution is -2.38. The molecule has 9 heteroatoms. The van der Waals surface area contributed by atoms with Crippen molar-refractivity contribution in [3.8, 4) is 11.5 Å². The Kier molecular flexibility index (Phi) is 7.98. The van der Waals surface area contributed by atoms with Crippen molar-refractivity contribution in [3.05, 3.63) is 46.6 Å². The Morgan fingerprint density at radius 3 is 2.77 bits per heavy atom. The van der Waals surface area contributed by atoms with E-state index >= 15 is 0 Å². The largest absolute Gasteiger partial charge is 0.493 e. The van der Waals surface area contributed by atoms with Gasteiger partial charge in [0.15, 0.2) is 11.5 Å². The van der Waals surface area contributed by atoms with E-state index in [1.165, 1.54) is 0 Å². The quantitative estimate of drug-likeness (QED) is 0.664. The lowest BCUT2D eigenvalue weighted by Gasteiger charge is -2.29. The lowest BCUT2D eigenvalue weighted by atomic mass is 10.2. The van der Waals surface area contributed by atoms with Crippen molar-refractivity contribution in [2.75, 3.05) is 44.9 Å². The number of urea groups is 1. The number of hydrogen-bond donors (Lipinski definition) is 2. The summed E-state index contributed by atoms with van der Waals surface area (Å²) in [4.78, 5) is 19.0. The maximum atomic E-state index is 12.3. The SMILES string of the molecule is CCOc1c(Cl)cc(CNC(=O)NCc2cccnc2N2CCOCC2)cc1OC. The number of nitrogens with one attached hydrogen (secondary N) is 2. The molecule has 1 aromatic heterocycles. The van der Waals surface area contributed by atoms with E-state index in [4.69, 9.17) is 25.8 Å². The van der Waals surface area contributed by atoms with Gasteiger partial charge in [-0.15, -0.1) is 0 Å². The Hall–Kier alpha value is -2.71. The summed E-state index contributed by atoms with van der Waals surface area (Å²) in [6, 6.07) is 7.11. The molecule has 0 atom stereocenters. The highest BCUT2D eigenvalue weighted by Crippen LogP contribution is 2.36. The molecule has 1 saturated heterocycles. The van der Waals surface area contributed by atoms with Crippen LogP contribution in [-0.4, -0.2) is 51.0 Å². The Morgan fingerprint density at radius 2 is 2.03 bits per heavy atom. The van der Waals surface area contributed by atoms with Crippen molar-refractivity contribution in [1.82, 2.24) is 15.6 Å². The van der Waals surface area contributed by atoms with Gasteiger partial charge in [-0.1, -0.05) is 17.7 Å². The normalized spacial score (nSPS) is 13.6. The average molecular weight is 435 g/mol. The van der Waals surface area contributed by atoms with E-state index in [1.54, 1.807) is 25.4 Å². The topological polar surface area (TPSA) is 85.0 Å². The average Bonchev–Trinajstić information content (AvgIpc) is 2.78. The van der Waals surface area contributed by atoms with Crippen LogP contribution in [0.1, 0.15) is 18.1 Å². The molecule has 162 valence electrons. The van der Waals surface area contributed by atoms with Crippen LogP contribution in [-0.2, 0) is 17.8 Å². The summed E-state index contributed by atoms with van der Waals surface area (Å²) in [5.74, 6) is 1.92. The van der Waals surface area contributed by atoms with E-state index in [0.29, 0.717) is 49.4 Å². The van der Waals surface area contributed by atoms with Crippen LogP contribution in [0.4, 0.5) is 10.6 Å². The second kappa shape index (κ2) is 10.9. The molecule has 2 heterocycles. The second-order valence-corrected chi connectivity index (χ2v) is 7.07. The molecular weight excluding hydrogens is 408 g/mol. The van der Waals surface area contributed by atoms with Crippen LogP contribution in [0.2, 0.25) is 5.02 Å². The Labute approximate surface area is 181 Å². The molecule has 0 bridgehead atoms. The first kappa shape index (κ1) is 22.0. The summed E-state index contributed by atoms with van der Waals surface area (Å²) in [6.45, 7) is 5.97. The highest BCUT2D eigenvalue weighted by Gasteiger charge is 2.16. The van der Waals surface area contributed by atoms with Gasteiger partial charge in [0.05, 0.1) is 32.0 Å². The van der Waals surface area contributed by atoms with E-state index in [9.17, 15) is 4.79 Å². The standard InChI is InChI=1S/C21H27ClN4O4/c1-3-30-19-17(22)11-15(12-18(19)28-2)13-24-21(27)25-14-16-5-4-6-23-20(16)26-7-9-29-10-8-26/h4-6,11-12H,3,7-10,13-14H2,1-2H3,(H2,24,25,27). The molecule has 8 nitrogen and oxygen atoms in total. The summed E-state index contributed by atoms with van der Waals surface area (Å²) in [6.07, 6.45) is 1.76. The van der Waals surface area contributed by atoms with Gasteiger partial charge in [-0.3, -0.25) is 0 Å². The summed E-state index contributed by atoms with van der Waals surface area (Å²) in [5.41, 5.74) is 1.77. The molecule has 0 aliphatic carbocycles. The first-order valence-corrected chi connectivity index (χ1v) is 10.3. The number of anilines is 1. The number of methoxy groups -OCH3 is 1. The first-order valence-electron chi connectivity index (χ1n) is 9.89. The van der Waals surface area contributed by atoms with E-state index in [2.05, 4.69) is 20.5 Å². The summed E-state index contributed by atoms with van der Waals surface area (Å²) >= 11 is 6.29. The molecule has 0 unspecified atom stereocenters. The highest BCUT2D eigenvalue weighted by atomic mass is 35.5. The van der Waals surface area contributed by atoms with Crippen LogP contribution in [0.5, 0.6) is 11.5 Å². The Balaban J connectivity index is 1.56. The van der Waals surface area contributed by atoms with Crippen molar-refractivity contribution in [3.63, 3.8) is 0 Å². The first-order chi connectivity index (χ1) is 14.6. The third-order valence-corrected chi connectivity index (χ3v) is 4.93. The molecule has 1 fully saturated rings. The minimum Gasteiger partial charge on any atom is -0.493 e. The van der Waals surface area contributed by atoms with Gasteiger partial charge in [0.25, 0.3) is 0 Å². The number of nitrogens with zero attached hydrogens (tertiary/aromatic N) is 2. The fourth-order valence-corrected chi connectivity index (χ4v) is 3.50. The number of amides is 2. The highest BCUT2D eigenvalue weighted by molar-refractivity contribution is 6.32. The zero-order valence-electron chi connectivity index (χ0n) is 17.2. The molecule has 0 spiro atoms. The maximum absolute atomic E-state index is 12.3. The molecule has 2 aromatic rings. The van der Waals surface area contributed by atoms with Crippen molar-refractivity contribution in [1.29, 1.82) is 0 Å². The molecule has 30 heavy (non-hydrogen) atoms. The molecular formula is C21H27ClN4O4. The molecule has 3 rings (SSSR count). The van der Waals surface area contributed by atoms with E-state index < -0.39 is 0 Å².